The Morgan fingerprint density at radius 2 is 0.889 bits per heavy atom. The molecule has 9 rings (SSSR count). The van der Waals surface area contributed by atoms with Crippen molar-refractivity contribution in [3.8, 4) is 86.2 Å². The first-order chi connectivity index (χ1) is 29.9. The van der Waals surface area contributed by atoms with E-state index in [2.05, 4.69) is 0 Å². The highest BCUT2D eigenvalue weighted by atomic mass is 16.5. The topological polar surface area (TPSA) is 331 Å². The maximum absolute atomic E-state index is 12.5. The normalized spacial score (nSPS) is 23.6. The molecule has 0 aromatic heterocycles. The van der Waals surface area contributed by atoms with Gasteiger partial charge in [-0.25, -0.2) is 0 Å². The number of ether oxygens (including phenoxy) is 3. The maximum Gasteiger partial charge on any atom is 0.200 e. The van der Waals surface area contributed by atoms with Gasteiger partial charge in [0.15, 0.2) is 41.0 Å². The highest BCUT2D eigenvalue weighted by Gasteiger charge is 2.51. The number of benzene rings is 6. The Bertz CT molecular complexity index is 2800. The SMILES string of the molecule is Oc1ccc([C@H]2Oc3cc(O)cc(O)c3[C@H](c3c(O)cc(O)c4c3O[C@H](c3cc(O)c(O)c(O)c3)[C@H](O)[C@H]4c3c(O)cc(O)c4c3O[C@H](c3ccc(O)c(O)c3)[C@@H](O)C4)[C@H]2O)cc1. The summed E-state index contributed by atoms with van der Waals surface area (Å²) >= 11 is 0. The molecule has 15 N–H and O–H groups in total. The number of rotatable bonds is 5. The van der Waals surface area contributed by atoms with Crippen molar-refractivity contribution in [1.29, 1.82) is 0 Å². The average molecular weight is 867 g/mol. The lowest BCUT2D eigenvalue weighted by Crippen LogP contribution is -2.39. The van der Waals surface area contributed by atoms with Gasteiger partial charge in [-0.05, 0) is 47.5 Å². The van der Waals surface area contributed by atoms with Crippen LogP contribution in [0.5, 0.6) is 86.2 Å². The molecular weight excluding hydrogens is 828 g/mol. The summed E-state index contributed by atoms with van der Waals surface area (Å²) < 4.78 is 18.9. The molecule has 8 atom stereocenters. The minimum absolute atomic E-state index is 0.0833. The zero-order valence-corrected chi connectivity index (χ0v) is 32.3. The molecule has 18 nitrogen and oxygen atoms in total. The first-order valence-electron chi connectivity index (χ1n) is 19.3. The van der Waals surface area contributed by atoms with E-state index in [9.17, 15) is 76.6 Å². The largest absolute Gasteiger partial charge is 0.508 e. The van der Waals surface area contributed by atoms with E-state index in [0.717, 1.165) is 48.5 Å². The highest BCUT2D eigenvalue weighted by molar-refractivity contribution is 5.71. The van der Waals surface area contributed by atoms with E-state index < -0.39 is 117 Å². The summed E-state index contributed by atoms with van der Waals surface area (Å²) in [7, 11) is 0. The van der Waals surface area contributed by atoms with Gasteiger partial charge in [0.05, 0.1) is 17.9 Å². The fraction of sp³-hybridized carbons (Fsp3) is 0.200. The zero-order valence-electron chi connectivity index (χ0n) is 32.3. The van der Waals surface area contributed by atoms with Crippen LogP contribution in [0.1, 0.15) is 74.7 Å². The predicted molar refractivity (Wildman–Crippen MR) is 214 cm³/mol. The second-order valence-corrected chi connectivity index (χ2v) is 15.7. The van der Waals surface area contributed by atoms with Crippen LogP contribution in [0.3, 0.4) is 0 Å². The van der Waals surface area contributed by atoms with E-state index in [-0.39, 0.29) is 68.2 Å². The molecular formula is C45H38O18. The van der Waals surface area contributed by atoms with Crippen molar-refractivity contribution in [1.82, 2.24) is 0 Å². The van der Waals surface area contributed by atoms with Gasteiger partial charge in [0.2, 0.25) is 0 Å². The third kappa shape index (κ3) is 6.46. The number of aliphatic hydroxyl groups is 3. The summed E-state index contributed by atoms with van der Waals surface area (Å²) in [4.78, 5) is 0. The molecule has 18 heteroatoms. The van der Waals surface area contributed by atoms with Crippen molar-refractivity contribution in [3.63, 3.8) is 0 Å². The maximum atomic E-state index is 12.5. The lowest BCUT2D eigenvalue weighted by atomic mass is 9.73. The van der Waals surface area contributed by atoms with E-state index in [1.807, 2.05) is 0 Å². The van der Waals surface area contributed by atoms with Gasteiger partial charge in [-0.2, -0.15) is 0 Å². The molecule has 0 unspecified atom stereocenters. The van der Waals surface area contributed by atoms with E-state index >= 15 is 0 Å². The number of fused-ring (bicyclic) bond motifs is 3. The molecule has 3 heterocycles. The van der Waals surface area contributed by atoms with Crippen LogP contribution in [0, 0.1) is 0 Å². The lowest BCUT2D eigenvalue weighted by molar-refractivity contribution is -0.00564. The standard InChI is InChI=1S/C45H38O18/c46-18-4-1-15(2-5-18)42-39(59)36(32-24(51)10-19(47)11-31(32)61-42)34-26(53)14-27(54)35-37(40(60)43(63-45(34)35)17-8-28(55)38(58)29(56)9-17)33-25(52)13-22(49)20-12-30(57)41(62-44(20)33)16-3-6-21(48)23(50)7-16/h1-11,13-14,30,36-37,39-43,46-60H,12H2/t30-,36+,37-,39+,40+,41+,42+,43+/m0/s1. The second-order valence-electron chi connectivity index (χ2n) is 15.7. The molecule has 63 heavy (non-hydrogen) atoms. The van der Waals surface area contributed by atoms with Crippen LogP contribution >= 0.6 is 0 Å². The van der Waals surface area contributed by atoms with Gasteiger partial charge in [0.25, 0.3) is 0 Å². The molecule has 0 bridgehead atoms. The Balaban J connectivity index is 1.32. The summed E-state index contributed by atoms with van der Waals surface area (Å²) in [5, 5.41) is 167. The molecule has 3 aliphatic heterocycles. The smallest absolute Gasteiger partial charge is 0.200 e. The molecule has 3 aliphatic rings. The Labute approximate surface area is 354 Å². The van der Waals surface area contributed by atoms with Crippen LogP contribution in [0.15, 0.2) is 78.9 Å². The van der Waals surface area contributed by atoms with E-state index in [4.69, 9.17) is 14.2 Å². The van der Waals surface area contributed by atoms with Gasteiger partial charge >= 0.3 is 0 Å². The van der Waals surface area contributed by atoms with Crippen molar-refractivity contribution < 1.29 is 90.8 Å². The molecule has 6 aromatic rings. The summed E-state index contributed by atoms with van der Waals surface area (Å²) in [6.45, 7) is 0. The number of hydrogen-bond acceptors (Lipinski definition) is 18. The molecule has 326 valence electrons. The first-order valence-corrected chi connectivity index (χ1v) is 19.3. The fourth-order valence-electron chi connectivity index (χ4n) is 8.96. The Morgan fingerprint density at radius 1 is 0.381 bits per heavy atom. The molecule has 0 saturated carbocycles. The minimum atomic E-state index is -1.99. The van der Waals surface area contributed by atoms with E-state index in [0.29, 0.717) is 0 Å². The summed E-state index contributed by atoms with van der Waals surface area (Å²) in [5.41, 5.74) is -1.16. The van der Waals surface area contributed by atoms with Crippen LogP contribution in [0.4, 0.5) is 0 Å². The van der Waals surface area contributed by atoms with Gasteiger partial charge in [-0.1, -0.05) is 18.2 Å². The number of aliphatic hydroxyl groups excluding tert-OH is 3. The molecule has 0 saturated heterocycles. The third-order valence-corrected chi connectivity index (χ3v) is 11.8. The summed E-state index contributed by atoms with van der Waals surface area (Å²) in [5.74, 6) is -12.1. The highest BCUT2D eigenvalue weighted by Crippen LogP contribution is 2.62. The molecule has 0 amide bonds. The number of phenolic OH excluding ortho intramolecular Hbond substituents is 12. The third-order valence-electron chi connectivity index (χ3n) is 11.8. The van der Waals surface area contributed by atoms with Gasteiger partial charge in [-0.3, -0.25) is 0 Å². The Hall–Kier alpha value is -7.80. The molecule has 0 fully saturated rings. The van der Waals surface area contributed by atoms with Crippen LogP contribution < -0.4 is 14.2 Å². The van der Waals surface area contributed by atoms with E-state index in [1.54, 1.807) is 0 Å². The Kier molecular flexibility index (Phi) is 9.46. The number of hydrogen-bond donors (Lipinski definition) is 15. The summed E-state index contributed by atoms with van der Waals surface area (Å²) in [6.07, 6.45) is -9.99. The molecule has 0 aliphatic carbocycles. The molecule has 6 aromatic carbocycles. The monoisotopic (exact) mass is 866 g/mol. The van der Waals surface area contributed by atoms with Crippen LogP contribution in [0.25, 0.3) is 0 Å². The van der Waals surface area contributed by atoms with E-state index in [1.165, 1.54) is 30.3 Å². The van der Waals surface area contributed by atoms with Crippen molar-refractivity contribution in [2.45, 2.75) is 54.9 Å². The van der Waals surface area contributed by atoms with Crippen molar-refractivity contribution >= 4 is 0 Å². The number of phenols is 12. The van der Waals surface area contributed by atoms with Crippen LogP contribution in [0.2, 0.25) is 0 Å². The minimum Gasteiger partial charge on any atom is -0.508 e. The van der Waals surface area contributed by atoms with Gasteiger partial charge in [-0.15, -0.1) is 0 Å². The average Bonchev–Trinajstić information content (AvgIpc) is 3.22. The predicted octanol–water partition coefficient (Wildman–Crippen LogP) is 4.44. The molecule has 0 radical (unpaired) electrons. The van der Waals surface area contributed by atoms with Gasteiger partial charge < -0.3 is 90.8 Å². The van der Waals surface area contributed by atoms with Gasteiger partial charge in [0.1, 0.15) is 75.8 Å². The Morgan fingerprint density at radius 3 is 1.51 bits per heavy atom. The first kappa shape index (κ1) is 40.6. The van der Waals surface area contributed by atoms with Crippen molar-refractivity contribution in [2.24, 2.45) is 0 Å². The second kappa shape index (κ2) is 14.7. The van der Waals surface area contributed by atoms with Crippen LogP contribution in [-0.2, 0) is 6.42 Å². The number of aromatic hydroxyl groups is 12. The van der Waals surface area contributed by atoms with Crippen LogP contribution in [-0.4, -0.2) is 94.9 Å². The zero-order chi connectivity index (χ0) is 44.9. The van der Waals surface area contributed by atoms with Gasteiger partial charge in [0, 0.05) is 64.1 Å². The van der Waals surface area contributed by atoms with Crippen molar-refractivity contribution in [3.05, 3.63) is 123 Å². The summed E-state index contributed by atoms with van der Waals surface area (Å²) in [6, 6.07) is 14.8. The fourth-order valence-corrected chi connectivity index (χ4v) is 8.96. The van der Waals surface area contributed by atoms with Crippen molar-refractivity contribution in [2.75, 3.05) is 0 Å². The lowest BCUT2D eigenvalue weighted by Gasteiger charge is -2.43. The molecule has 0 spiro atoms. The quantitative estimate of drug-likeness (QED) is 0.106.